The zero-order chi connectivity index (χ0) is 13.3. The molecule has 1 aromatic rings. The lowest BCUT2D eigenvalue weighted by atomic mass is 9.59. The first kappa shape index (κ1) is 12.2. The van der Waals surface area contributed by atoms with E-state index in [2.05, 4.69) is 24.3 Å². The fourth-order valence-electron chi connectivity index (χ4n) is 4.13. The minimum atomic E-state index is -0.813. The molecule has 96 valence electrons. The lowest BCUT2D eigenvalue weighted by Crippen LogP contribution is -2.36. The van der Waals surface area contributed by atoms with Crippen LogP contribution in [0.4, 0.5) is 0 Å². The molecule has 2 fully saturated rings. The molecule has 2 heteroatoms. The van der Waals surface area contributed by atoms with E-state index in [1.54, 1.807) is 0 Å². The van der Waals surface area contributed by atoms with Crippen LogP contribution >= 0.6 is 0 Å². The van der Waals surface area contributed by atoms with Gasteiger partial charge in [-0.25, -0.2) is 0 Å². The third-order valence-electron chi connectivity index (χ3n) is 5.13. The van der Waals surface area contributed by atoms with Gasteiger partial charge in [-0.05, 0) is 30.2 Å². The van der Waals surface area contributed by atoms with Crippen LogP contribution in [0.5, 0.6) is 0 Å². The maximum absolute atomic E-state index is 9.62. The Morgan fingerprint density at radius 2 is 1.68 bits per heavy atom. The summed E-state index contributed by atoms with van der Waals surface area (Å²) in [6.45, 7) is 0. The first-order valence-corrected chi connectivity index (χ1v) is 7.16. The highest BCUT2D eigenvalue weighted by Gasteiger charge is 2.50. The number of nitriles is 2. The quantitative estimate of drug-likeness (QED) is 0.756. The van der Waals surface area contributed by atoms with Crippen LogP contribution < -0.4 is 0 Å². The van der Waals surface area contributed by atoms with E-state index in [9.17, 15) is 10.5 Å². The highest BCUT2D eigenvalue weighted by atomic mass is 14.5. The van der Waals surface area contributed by atoms with Gasteiger partial charge in [0.25, 0.3) is 0 Å². The second kappa shape index (κ2) is 4.71. The molecule has 0 aromatic heterocycles. The molecule has 0 aliphatic heterocycles. The molecule has 2 aliphatic carbocycles. The van der Waals surface area contributed by atoms with Crippen LogP contribution in [0.3, 0.4) is 0 Å². The van der Waals surface area contributed by atoms with E-state index in [-0.39, 0.29) is 5.92 Å². The van der Waals surface area contributed by atoms with Gasteiger partial charge >= 0.3 is 0 Å². The van der Waals surface area contributed by atoms with E-state index >= 15 is 0 Å². The molecule has 3 atom stereocenters. The van der Waals surface area contributed by atoms with Crippen molar-refractivity contribution < 1.29 is 0 Å². The summed E-state index contributed by atoms with van der Waals surface area (Å²) in [6, 6.07) is 14.9. The Balaban J connectivity index is 2.00. The van der Waals surface area contributed by atoms with Crippen LogP contribution in [0.15, 0.2) is 30.3 Å². The van der Waals surface area contributed by atoms with Gasteiger partial charge in [-0.3, -0.25) is 0 Å². The van der Waals surface area contributed by atoms with Crippen molar-refractivity contribution in [2.24, 2.45) is 17.3 Å². The first-order valence-electron chi connectivity index (χ1n) is 7.16. The Hall–Kier alpha value is -1.80. The molecule has 2 aliphatic rings. The SMILES string of the molecule is N#CC1(C#N)C[C@H]2CCC[C@@H]2C[C@H]1c1ccccc1. The lowest BCUT2D eigenvalue weighted by Gasteiger charge is -2.40. The molecule has 2 nitrogen and oxygen atoms in total. The third-order valence-corrected chi connectivity index (χ3v) is 5.13. The van der Waals surface area contributed by atoms with E-state index in [1.807, 2.05) is 18.2 Å². The standard InChI is InChI=1S/C17H18N2/c18-11-17(12-19)10-15-8-4-7-14(15)9-16(17)13-5-2-1-3-6-13/h1-3,5-6,14-16H,4,7-10H2/t14-,15-,16+/m1/s1. The fraction of sp³-hybridized carbons (Fsp3) is 0.529. The van der Waals surface area contributed by atoms with Crippen molar-refractivity contribution in [1.82, 2.24) is 0 Å². The molecule has 2 saturated carbocycles. The maximum Gasteiger partial charge on any atom is 0.150 e. The van der Waals surface area contributed by atoms with Crippen LogP contribution in [-0.2, 0) is 0 Å². The summed E-state index contributed by atoms with van der Waals surface area (Å²) in [5.74, 6) is 1.40. The molecule has 0 spiro atoms. The molecule has 0 amide bonds. The van der Waals surface area contributed by atoms with Gasteiger partial charge in [0.05, 0.1) is 12.1 Å². The highest BCUT2D eigenvalue weighted by Crippen LogP contribution is 2.55. The number of benzene rings is 1. The number of hydrogen-bond donors (Lipinski definition) is 0. The van der Waals surface area contributed by atoms with Crippen LogP contribution in [0, 0.1) is 39.9 Å². The summed E-state index contributed by atoms with van der Waals surface area (Å²) in [4.78, 5) is 0. The second-order valence-corrected chi connectivity index (χ2v) is 6.05. The molecular weight excluding hydrogens is 232 g/mol. The van der Waals surface area contributed by atoms with E-state index in [0.717, 1.165) is 24.3 Å². The molecule has 3 rings (SSSR count). The van der Waals surface area contributed by atoms with E-state index in [0.29, 0.717) is 5.92 Å². The molecule has 1 aromatic carbocycles. The molecule has 0 saturated heterocycles. The van der Waals surface area contributed by atoms with E-state index in [4.69, 9.17) is 0 Å². The van der Waals surface area contributed by atoms with Gasteiger partial charge in [-0.15, -0.1) is 0 Å². The molecule has 0 heterocycles. The van der Waals surface area contributed by atoms with E-state index in [1.165, 1.54) is 19.3 Å². The predicted molar refractivity (Wildman–Crippen MR) is 72.9 cm³/mol. The summed E-state index contributed by atoms with van der Waals surface area (Å²) in [6.07, 6.45) is 5.53. The Bertz CT molecular complexity index is 521. The number of nitrogens with zero attached hydrogens (tertiary/aromatic N) is 2. The normalized spacial score (nSPS) is 32.0. The van der Waals surface area contributed by atoms with Gasteiger partial charge in [0.2, 0.25) is 0 Å². The Labute approximate surface area is 114 Å². The highest BCUT2D eigenvalue weighted by molar-refractivity contribution is 5.32. The zero-order valence-electron chi connectivity index (χ0n) is 11.0. The van der Waals surface area contributed by atoms with Gasteiger partial charge in [0.1, 0.15) is 0 Å². The second-order valence-electron chi connectivity index (χ2n) is 6.05. The minimum absolute atomic E-state index is 0.0862. The van der Waals surface area contributed by atoms with Crippen molar-refractivity contribution in [2.75, 3.05) is 0 Å². The summed E-state index contributed by atoms with van der Waals surface area (Å²) >= 11 is 0. The molecule has 19 heavy (non-hydrogen) atoms. The van der Waals surface area contributed by atoms with Gasteiger partial charge in [-0.2, -0.15) is 10.5 Å². The van der Waals surface area contributed by atoms with Crippen molar-refractivity contribution in [1.29, 1.82) is 10.5 Å². The summed E-state index contributed by atoms with van der Waals surface area (Å²) in [5.41, 5.74) is 0.350. The van der Waals surface area contributed by atoms with Crippen molar-refractivity contribution >= 4 is 0 Å². The van der Waals surface area contributed by atoms with E-state index < -0.39 is 5.41 Å². The van der Waals surface area contributed by atoms with Crippen molar-refractivity contribution in [2.45, 2.75) is 38.0 Å². The molecule has 0 unspecified atom stereocenters. The Morgan fingerprint density at radius 3 is 2.37 bits per heavy atom. The fourth-order valence-corrected chi connectivity index (χ4v) is 4.13. The molecule has 0 bridgehead atoms. The molecular formula is C17H18N2. The van der Waals surface area contributed by atoms with Crippen LogP contribution in [-0.4, -0.2) is 0 Å². The molecule has 0 N–H and O–H groups in total. The number of rotatable bonds is 1. The maximum atomic E-state index is 9.62. The molecule has 0 radical (unpaired) electrons. The van der Waals surface area contributed by atoms with Gasteiger partial charge in [0.15, 0.2) is 5.41 Å². The summed E-state index contributed by atoms with van der Waals surface area (Å²) in [7, 11) is 0. The van der Waals surface area contributed by atoms with Gasteiger partial charge in [-0.1, -0.05) is 49.6 Å². The summed E-state index contributed by atoms with van der Waals surface area (Å²) in [5, 5.41) is 19.2. The van der Waals surface area contributed by atoms with Gasteiger partial charge in [0, 0.05) is 5.92 Å². The third kappa shape index (κ3) is 1.92. The minimum Gasteiger partial charge on any atom is -0.197 e. The predicted octanol–water partition coefficient (Wildman–Crippen LogP) is 4.01. The number of fused-ring (bicyclic) bond motifs is 1. The van der Waals surface area contributed by atoms with Crippen LogP contribution in [0.2, 0.25) is 0 Å². The average molecular weight is 250 g/mol. The Morgan fingerprint density at radius 1 is 1.00 bits per heavy atom. The topological polar surface area (TPSA) is 47.6 Å². The van der Waals surface area contributed by atoms with Crippen molar-refractivity contribution in [3.8, 4) is 12.1 Å². The Kier molecular flexibility index (Phi) is 3.03. The first-order chi connectivity index (χ1) is 9.29. The van der Waals surface area contributed by atoms with Crippen molar-refractivity contribution in [3.63, 3.8) is 0 Å². The number of hydrogen-bond acceptors (Lipinski definition) is 2. The lowest BCUT2D eigenvalue weighted by molar-refractivity contribution is 0.166. The smallest absolute Gasteiger partial charge is 0.150 e. The average Bonchev–Trinajstić information content (AvgIpc) is 2.93. The van der Waals surface area contributed by atoms with Crippen molar-refractivity contribution in [3.05, 3.63) is 35.9 Å². The van der Waals surface area contributed by atoms with Gasteiger partial charge < -0.3 is 0 Å². The van der Waals surface area contributed by atoms with Crippen LogP contribution in [0.1, 0.15) is 43.6 Å². The zero-order valence-corrected chi connectivity index (χ0v) is 11.0. The van der Waals surface area contributed by atoms with Crippen LogP contribution in [0.25, 0.3) is 0 Å². The summed E-state index contributed by atoms with van der Waals surface area (Å²) < 4.78 is 0. The monoisotopic (exact) mass is 250 g/mol. The largest absolute Gasteiger partial charge is 0.197 e.